The van der Waals surface area contributed by atoms with Crippen LogP contribution in [0.2, 0.25) is 0 Å². The van der Waals surface area contributed by atoms with Crippen LogP contribution in [-0.2, 0) is 0 Å². The number of hydrogen-bond acceptors (Lipinski definition) is 2. The molecule has 1 heterocycles. The normalized spacial score (nSPS) is 10.8. The van der Waals surface area contributed by atoms with Crippen LogP contribution in [0.3, 0.4) is 0 Å². The van der Waals surface area contributed by atoms with Crippen LogP contribution in [0.5, 0.6) is 0 Å². The lowest BCUT2D eigenvalue weighted by atomic mass is 9.98. The van der Waals surface area contributed by atoms with Crippen LogP contribution in [0.15, 0.2) is 48.7 Å². The smallest absolute Gasteiger partial charge is 0.335 e. The van der Waals surface area contributed by atoms with Gasteiger partial charge in [-0.3, -0.25) is 4.98 Å². The first-order chi connectivity index (χ1) is 10.1. The van der Waals surface area contributed by atoms with Crippen LogP contribution >= 0.6 is 0 Å². The summed E-state index contributed by atoms with van der Waals surface area (Å²) in [5.74, 6) is -1.25. The lowest BCUT2D eigenvalue weighted by Crippen LogP contribution is -1.96. The van der Waals surface area contributed by atoms with Gasteiger partial charge in [-0.05, 0) is 60.0 Å². The molecule has 1 N–H and O–H groups in total. The van der Waals surface area contributed by atoms with E-state index in [2.05, 4.69) is 4.98 Å². The Labute approximate surface area is 120 Å². The quantitative estimate of drug-likeness (QED) is 0.771. The molecule has 2 aromatic carbocycles. The van der Waals surface area contributed by atoms with Gasteiger partial charge in [0, 0.05) is 11.6 Å². The van der Waals surface area contributed by atoms with E-state index in [1.807, 2.05) is 0 Å². The Hall–Kier alpha value is -2.75. The highest BCUT2D eigenvalue weighted by Gasteiger charge is 2.10. The highest BCUT2D eigenvalue weighted by molar-refractivity contribution is 5.99. The van der Waals surface area contributed by atoms with Gasteiger partial charge in [0.15, 0.2) is 0 Å². The summed E-state index contributed by atoms with van der Waals surface area (Å²) in [6.07, 6.45) is 1.66. The van der Waals surface area contributed by atoms with Crippen molar-refractivity contribution >= 4 is 16.9 Å². The first-order valence-electron chi connectivity index (χ1n) is 6.45. The molecule has 3 rings (SSSR count). The van der Waals surface area contributed by atoms with Gasteiger partial charge >= 0.3 is 5.97 Å². The highest BCUT2D eigenvalue weighted by Crippen LogP contribution is 2.29. The van der Waals surface area contributed by atoms with Crippen molar-refractivity contribution in [1.82, 2.24) is 4.98 Å². The van der Waals surface area contributed by atoms with Gasteiger partial charge in [0.25, 0.3) is 0 Å². The number of rotatable bonds is 2. The fraction of sp³-hybridized carbons (Fsp3) is 0.0588. The van der Waals surface area contributed by atoms with Crippen LogP contribution in [0.4, 0.5) is 4.39 Å². The summed E-state index contributed by atoms with van der Waals surface area (Å²) in [6, 6.07) is 11.5. The Morgan fingerprint density at radius 2 is 1.95 bits per heavy atom. The number of benzene rings is 2. The number of halogens is 1. The molecule has 0 aliphatic rings. The minimum Gasteiger partial charge on any atom is -0.478 e. The zero-order valence-electron chi connectivity index (χ0n) is 11.3. The number of aromatic carboxylic acids is 1. The number of nitrogens with zero attached hydrogens (tertiary/aromatic N) is 1. The molecule has 0 spiro atoms. The molecule has 3 nitrogen and oxygen atoms in total. The van der Waals surface area contributed by atoms with Gasteiger partial charge in [0.1, 0.15) is 5.82 Å². The van der Waals surface area contributed by atoms with Crippen LogP contribution in [0.25, 0.3) is 22.0 Å². The second-order valence-electron chi connectivity index (χ2n) is 4.86. The fourth-order valence-electron chi connectivity index (χ4n) is 2.34. The molecule has 104 valence electrons. The molecule has 0 amide bonds. The Balaban J connectivity index is 2.28. The number of pyridine rings is 1. The summed E-state index contributed by atoms with van der Waals surface area (Å²) in [5.41, 5.74) is 3.14. The van der Waals surface area contributed by atoms with Crippen LogP contribution in [-0.4, -0.2) is 16.1 Å². The third-order valence-corrected chi connectivity index (χ3v) is 3.46. The molecule has 0 aliphatic heterocycles. The number of carboxylic acids is 1. The van der Waals surface area contributed by atoms with E-state index in [4.69, 9.17) is 5.11 Å². The molecular weight excluding hydrogens is 269 g/mol. The average molecular weight is 281 g/mol. The Morgan fingerprint density at radius 1 is 1.14 bits per heavy atom. The number of carbonyl (C=O) groups is 1. The molecule has 0 unspecified atom stereocenters. The van der Waals surface area contributed by atoms with Gasteiger partial charge in [0.05, 0.1) is 11.1 Å². The maximum Gasteiger partial charge on any atom is 0.335 e. The van der Waals surface area contributed by atoms with Crippen LogP contribution in [0.1, 0.15) is 15.9 Å². The summed E-state index contributed by atoms with van der Waals surface area (Å²) in [5, 5.41) is 9.86. The average Bonchev–Trinajstić information content (AvgIpc) is 2.49. The van der Waals surface area contributed by atoms with Gasteiger partial charge < -0.3 is 5.11 Å². The van der Waals surface area contributed by atoms with Crippen molar-refractivity contribution in [3.05, 3.63) is 65.6 Å². The second kappa shape index (κ2) is 4.98. The molecule has 0 bridgehead atoms. The molecule has 0 saturated heterocycles. The highest BCUT2D eigenvalue weighted by atomic mass is 19.1. The van der Waals surface area contributed by atoms with E-state index in [1.54, 1.807) is 43.5 Å². The maximum atomic E-state index is 13.4. The number of fused-ring (bicyclic) bond motifs is 1. The van der Waals surface area contributed by atoms with Gasteiger partial charge in [-0.25, -0.2) is 9.18 Å². The lowest BCUT2D eigenvalue weighted by molar-refractivity contribution is 0.0697. The zero-order chi connectivity index (χ0) is 15.0. The van der Waals surface area contributed by atoms with Gasteiger partial charge in [-0.2, -0.15) is 0 Å². The standard InChI is InChI=1S/C17H12FNO2/c1-10-8-11(2-4-15(10)18)13-6-7-19-16-5-3-12(17(20)21)9-14(13)16/h2-9H,1H3,(H,20,21). The molecule has 0 atom stereocenters. The maximum absolute atomic E-state index is 13.4. The van der Waals surface area contributed by atoms with Crippen LogP contribution in [0, 0.1) is 12.7 Å². The molecule has 1 aromatic heterocycles. The summed E-state index contributed by atoms with van der Waals surface area (Å²) in [6.45, 7) is 1.70. The minimum atomic E-state index is -0.984. The zero-order valence-corrected chi connectivity index (χ0v) is 11.3. The first kappa shape index (κ1) is 13.2. The van der Waals surface area contributed by atoms with Gasteiger partial charge in [-0.1, -0.05) is 6.07 Å². The van der Waals surface area contributed by atoms with E-state index in [9.17, 15) is 9.18 Å². The molecule has 0 radical (unpaired) electrons. The first-order valence-corrected chi connectivity index (χ1v) is 6.45. The molecule has 3 aromatic rings. The molecule has 21 heavy (non-hydrogen) atoms. The third kappa shape index (κ3) is 2.36. The largest absolute Gasteiger partial charge is 0.478 e. The predicted octanol–water partition coefficient (Wildman–Crippen LogP) is 4.05. The minimum absolute atomic E-state index is 0.204. The number of aromatic nitrogens is 1. The molecular formula is C17H12FNO2. The van der Waals surface area contributed by atoms with Gasteiger partial charge in [0.2, 0.25) is 0 Å². The Morgan fingerprint density at radius 3 is 2.67 bits per heavy atom. The number of hydrogen-bond donors (Lipinski definition) is 1. The van der Waals surface area contributed by atoms with Crippen LogP contribution < -0.4 is 0 Å². The van der Waals surface area contributed by atoms with Crippen molar-refractivity contribution in [2.45, 2.75) is 6.92 Å². The topological polar surface area (TPSA) is 50.2 Å². The fourth-order valence-corrected chi connectivity index (χ4v) is 2.34. The van der Waals surface area contributed by atoms with E-state index >= 15 is 0 Å². The summed E-state index contributed by atoms with van der Waals surface area (Å²) in [4.78, 5) is 15.4. The van der Waals surface area contributed by atoms with Crippen molar-refractivity contribution in [2.24, 2.45) is 0 Å². The summed E-state index contributed by atoms with van der Waals surface area (Å²) >= 11 is 0. The van der Waals surface area contributed by atoms with Gasteiger partial charge in [-0.15, -0.1) is 0 Å². The third-order valence-electron chi connectivity index (χ3n) is 3.46. The molecule has 0 fully saturated rings. The van der Waals surface area contributed by atoms with E-state index < -0.39 is 5.97 Å². The monoisotopic (exact) mass is 281 g/mol. The van der Waals surface area contributed by atoms with Crippen molar-refractivity contribution < 1.29 is 14.3 Å². The van der Waals surface area contributed by atoms with Crippen molar-refractivity contribution in [3.63, 3.8) is 0 Å². The molecule has 0 aliphatic carbocycles. The SMILES string of the molecule is Cc1cc(-c2ccnc3ccc(C(=O)O)cc23)ccc1F. The van der Waals surface area contributed by atoms with E-state index in [1.165, 1.54) is 12.1 Å². The molecule has 4 heteroatoms. The summed E-state index contributed by atoms with van der Waals surface area (Å²) in [7, 11) is 0. The van der Waals surface area contributed by atoms with E-state index in [0.29, 0.717) is 11.1 Å². The lowest BCUT2D eigenvalue weighted by Gasteiger charge is -2.08. The van der Waals surface area contributed by atoms with Crippen molar-refractivity contribution in [3.8, 4) is 11.1 Å². The molecule has 0 saturated carbocycles. The predicted molar refractivity (Wildman–Crippen MR) is 78.8 cm³/mol. The second-order valence-corrected chi connectivity index (χ2v) is 4.86. The number of aryl methyl sites for hydroxylation is 1. The van der Waals surface area contributed by atoms with E-state index in [-0.39, 0.29) is 11.4 Å². The Bertz CT molecular complexity index is 859. The Kier molecular flexibility index (Phi) is 3.14. The van der Waals surface area contributed by atoms with E-state index in [0.717, 1.165) is 16.5 Å². The number of carboxylic acid groups (broad SMARTS) is 1. The summed E-state index contributed by atoms with van der Waals surface area (Å²) < 4.78 is 13.4. The van der Waals surface area contributed by atoms with Crippen molar-refractivity contribution in [2.75, 3.05) is 0 Å². The van der Waals surface area contributed by atoms with Crippen molar-refractivity contribution in [1.29, 1.82) is 0 Å².